The Balaban J connectivity index is 2.60. The monoisotopic (exact) mass is 254 g/mol. The fraction of sp³-hybridized carbons (Fsp3) is 0.200. The molecule has 0 saturated heterocycles. The number of hydrogen-bond donors (Lipinski definition) is 2. The third-order valence-electron chi connectivity index (χ3n) is 1.96. The van der Waals surface area contributed by atoms with E-state index in [0.717, 1.165) is 0 Å². The molecule has 1 aromatic carbocycles. The summed E-state index contributed by atoms with van der Waals surface area (Å²) in [5.74, 6) is -1.12. The van der Waals surface area contributed by atoms with Crippen molar-refractivity contribution in [1.82, 2.24) is 5.32 Å². The number of ether oxygens (including phenoxy) is 1. The summed E-state index contributed by atoms with van der Waals surface area (Å²) in [5, 5.41) is 21.0. The molecule has 0 aromatic heterocycles. The lowest BCUT2D eigenvalue weighted by atomic mass is 10.3. The van der Waals surface area contributed by atoms with Crippen LogP contribution in [0.15, 0.2) is 24.3 Å². The predicted molar refractivity (Wildman–Crippen MR) is 59.4 cm³/mol. The zero-order valence-corrected chi connectivity index (χ0v) is 9.32. The van der Waals surface area contributed by atoms with E-state index >= 15 is 0 Å². The van der Waals surface area contributed by atoms with Gasteiger partial charge in [-0.25, -0.2) is 4.79 Å². The van der Waals surface area contributed by atoms with Crippen LogP contribution in [0.1, 0.15) is 6.92 Å². The maximum atomic E-state index is 11.2. The van der Waals surface area contributed by atoms with Gasteiger partial charge in [-0.1, -0.05) is 0 Å². The number of nitro groups is 1. The van der Waals surface area contributed by atoms with E-state index in [9.17, 15) is 19.7 Å². The van der Waals surface area contributed by atoms with Gasteiger partial charge in [-0.05, 0) is 19.1 Å². The highest BCUT2D eigenvalue weighted by Gasteiger charge is 2.15. The quantitative estimate of drug-likeness (QED) is 0.614. The minimum atomic E-state index is -1.20. The molecule has 0 radical (unpaired) electrons. The summed E-state index contributed by atoms with van der Waals surface area (Å²) in [6, 6.07) is 3.73. The predicted octanol–water partition coefficient (Wildman–Crippen LogP) is 1.16. The number of carbonyl (C=O) groups excluding carboxylic acids is 1. The van der Waals surface area contributed by atoms with Crippen LogP contribution in [0.3, 0.4) is 0 Å². The number of rotatable bonds is 4. The van der Waals surface area contributed by atoms with E-state index in [1.54, 1.807) is 0 Å². The summed E-state index contributed by atoms with van der Waals surface area (Å²) < 4.78 is 4.73. The third kappa shape index (κ3) is 3.74. The fourth-order valence-electron chi connectivity index (χ4n) is 1.01. The molecule has 1 atom stereocenters. The number of carboxylic acid groups (broad SMARTS) is 1. The largest absolute Gasteiger partial charge is 0.480 e. The van der Waals surface area contributed by atoms with Crippen LogP contribution in [0, 0.1) is 10.1 Å². The van der Waals surface area contributed by atoms with Gasteiger partial charge in [0, 0.05) is 12.1 Å². The van der Waals surface area contributed by atoms with E-state index in [1.807, 2.05) is 0 Å². The van der Waals surface area contributed by atoms with Crippen LogP contribution in [-0.4, -0.2) is 28.1 Å². The smallest absolute Gasteiger partial charge is 0.413 e. The van der Waals surface area contributed by atoms with Gasteiger partial charge in [0.1, 0.15) is 11.8 Å². The Hall–Kier alpha value is -2.64. The van der Waals surface area contributed by atoms with E-state index < -0.39 is 23.0 Å². The summed E-state index contributed by atoms with van der Waals surface area (Å²) in [5.41, 5.74) is -0.137. The topological polar surface area (TPSA) is 119 Å². The Kier molecular flexibility index (Phi) is 4.19. The van der Waals surface area contributed by atoms with Crippen LogP contribution < -0.4 is 10.1 Å². The third-order valence-corrected chi connectivity index (χ3v) is 1.96. The number of nitrogens with zero attached hydrogens (tertiary/aromatic N) is 1. The van der Waals surface area contributed by atoms with Crippen molar-refractivity contribution in [2.45, 2.75) is 13.0 Å². The number of benzene rings is 1. The number of aliphatic carboxylic acids is 1. The van der Waals surface area contributed by atoms with Crippen LogP contribution in [-0.2, 0) is 4.79 Å². The number of hydrogen-bond acceptors (Lipinski definition) is 5. The van der Waals surface area contributed by atoms with Gasteiger partial charge in [0.05, 0.1) is 4.92 Å². The highest BCUT2D eigenvalue weighted by molar-refractivity contribution is 5.80. The number of non-ortho nitro benzene ring substituents is 1. The zero-order valence-electron chi connectivity index (χ0n) is 9.32. The van der Waals surface area contributed by atoms with Gasteiger partial charge in [-0.3, -0.25) is 14.9 Å². The minimum absolute atomic E-state index is 0.0793. The average Bonchev–Trinajstić information content (AvgIpc) is 2.29. The van der Waals surface area contributed by atoms with Crippen molar-refractivity contribution < 1.29 is 24.4 Å². The van der Waals surface area contributed by atoms with Gasteiger partial charge in [-0.15, -0.1) is 0 Å². The molecule has 2 N–H and O–H groups in total. The molecule has 0 spiro atoms. The number of carboxylic acids is 1. The first-order chi connectivity index (χ1) is 8.40. The van der Waals surface area contributed by atoms with Crippen LogP contribution in [0.4, 0.5) is 10.5 Å². The lowest BCUT2D eigenvalue weighted by Crippen LogP contribution is -2.39. The Morgan fingerprint density at radius 2 is 1.94 bits per heavy atom. The Morgan fingerprint density at radius 3 is 2.39 bits per heavy atom. The standard InChI is InChI=1S/C10H10N2O6/c1-6(9(13)14)11-10(15)18-8-4-2-7(3-5-8)12(16)17/h2-6H,1H3,(H,11,15)(H,13,14)/t6-/m0/s1. The molecule has 0 aliphatic heterocycles. The highest BCUT2D eigenvalue weighted by atomic mass is 16.6. The molecule has 8 nitrogen and oxygen atoms in total. The van der Waals surface area contributed by atoms with Crippen molar-refractivity contribution >= 4 is 17.7 Å². The van der Waals surface area contributed by atoms with Gasteiger partial charge in [-0.2, -0.15) is 0 Å². The molecule has 0 fully saturated rings. The molecule has 0 unspecified atom stereocenters. The number of amides is 1. The molecule has 18 heavy (non-hydrogen) atoms. The van der Waals surface area contributed by atoms with Gasteiger partial charge in [0.25, 0.3) is 5.69 Å². The summed E-state index contributed by atoms with van der Waals surface area (Å²) >= 11 is 0. The molecule has 96 valence electrons. The van der Waals surface area contributed by atoms with Gasteiger partial charge < -0.3 is 15.2 Å². The maximum absolute atomic E-state index is 11.2. The molecule has 0 saturated carbocycles. The van der Waals surface area contributed by atoms with E-state index in [1.165, 1.54) is 31.2 Å². The average molecular weight is 254 g/mol. The lowest BCUT2D eigenvalue weighted by Gasteiger charge is -2.09. The second kappa shape index (κ2) is 5.62. The molecule has 0 heterocycles. The molecule has 1 rings (SSSR count). The van der Waals surface area contributed by atoms with Crippen molar-refractivity contribution in [1.29, 1.82) is 0 Å². The zero-order chi connectivity index (χ0) is 13.7. The molecule has 1 amide bonds. The Morgan fingerprint density at radius 1 is 1.39 bits per heavy atom. The van der Waals surface area contributed by atoms with E-state index in [2.05, 4.69) is 5.32 Å². The first-order valence-electron chi connectivity index (χ1n) is 4.85. The van der Waals surface area contributed by atoms with Crippen LogP contribution in [0.2, 0.25) is 0 Å². The molecule has 8 heteroatoms. The lowest BCUT2D eigenvalue weighted by molar-refractivity contribution is -0.384. The Bertz CT molecular complexity index is 470. The fourth-order valence-corrected chi connectivity index (χ4v) is 1.01. The van der Waals surface area contributed by atoms with Crippen molar-refractivity contribution in [3.63, 3.8) is 0 Å². The summed E-state index contributed by atoms with van der Waals surface area (Å²) in [6.07, 6.45) is -0.946. The first kappa shape index (κ1) is 13.4. The molecular weight excluding hydrogens is 244 g/mol. The summed E-state index contributed by atoms with van der Waals surface area (Å²) in [4.78, 5) is 31.5. The molecule has 0 aliphatic carbocycles. The SMILES string of the molecule is C[C@H](NC(=O)Oc1ccc([N+](=O)[O-])cc1)C(=O)O. The van der Waals surface area contributed by atoms with Crippen molar-refractivity contribution in [3.05, 3.63) is 34.4 Å². The molecule has 0 bridgehead atoms. The van der Waals surface area contributed by atoms with Gasteiger partial charge >= 0.3 is 12.1 Å². The van der Waals surface area contributed by atoms with Gasteiger partial charge in [0.15, 0.2) is 0 Å². The summed E-state index contributed by atoms with van der Waals surface area (Å²) in [7, 11) is 0. The van der Waals surface area contributed by atoms with Crippen LogP contribution in [0.25, 0.3) is 0 Å². The summed E-state index contributed by atoms with van der Waals surface area (Å²) in [6.45, 7) is 1.28. The normalized spacial score (nSPS) is 11.4. The molecule has 1 aromatic rings. The van der Waals surface area contributed by atoms with Gasteiger partial charge in [0.2, 0.25) is 0 Å². The van der Waals surface area contributed by atoms with E-state index in [0.29, 0.717) is 0 Å². The second-order valence-electron chi connectivity index (χ2n) is 3.34. The first-order valence-corrected chi connectivity index (χ1v) is 4.85. The maximum Gasteiger partial charge on any atom is 0.413 e. The van der Waals surface area contributed by atoms with Crippen molar-refractivity contribution in [2.24, 2.45) is 0 Å². The molecular formula is C10H10N2O6. The Labute approximate surface area is 101 Å². The highest BCUT2D eigenvalue weighted by Crippen LogP contribution is 2.17. The van der Waals surface area contributed by atoms with Crippen molar-refractivity contribution in [2.75, 3.05) is 0 Å². The number of nitrogens with one attached hydrogen (secondary N) is 1. The van der Waals surface area contributed by atoms with Crippen LogP contribution in [0.5, 0.6) is 5.75 Å². The molecule has 0 aliphatic rings. The van der Waals surface area contributed by atoms with E-state index in [4.69, 9.17) is 9.84 Å². The number of nitro benzene ring substituents is 1. The van der Waals surface area contributed by atoms with Crippen molar-refractivity contribution in [3.8, 4) is 5.75 Å². The second-order valence-corrected chi connectivity index (χ2v) is 3.34. The van der Waals surface area contributed by atoms with Crippen LogP contribution >= 0.6 is 0 Å². The van der Waals surface area contributed by atoms with E-state index in [-0.39, 0.29) is 11.4 Å². The minimum Gasteiger partial charge on any atom is -0.480 e. The number of carbonyl (C=O) groups is 2.